The molecule has 0 heterocycles. The molecule has 6 nitrogen and oxygen atoms in total. The monoisotopic (exact) mass is 342 g/mol. The van der Waals surface area contributed by atoms with Gasteiger partial charge in [-0.25, -0.2) is 0 Å². The van der Waals surface area contributed by atoms with Crippen molar-refractivity contribution in [3.05, 3.63) is 0 Å². The average molecular weight is 342 g/mol. The molecule has 24 heavy (non-hydrogen) atoms. The zero-order valence-corrected chi connectivity index (χ0v) is 15.3. The van der Waals surface area contributed by atoms with Crippen molar-refractivity contribution in [1.82, 2.24) is 0 Å². The Balaban J connectivity index is 3.31. The Hall–Kier alpha value is -1.14. The standard InChI is InChI=1S/C18H34N2O4/c1-5-11(17(21)22)13-8-16(20)10(4)9(3)12(18(23)24)7-14(13)15(19)6-2/h9-16H,5-8,19-20H2,1-4H3,(H,21,22)(H,23,24). The smallest absolute Gasteiger partial charge is 0.306 e. The van der Waals surface area contributed by atoms with Crippen LogP contribution < -0.4 is 11.5 Å². The highest BCUT2D eigenvalue weighted by Crippen LogP contribution is 2.42. The molecule has 0 aromatic heterocycles. The summed E-state index contributed by atoms with van der Waals surface area (Å²) in [7, 11) is 0. The molecule has 0 aliphatic heterocycles. The molecule has 1 fully saturated rings. The maximum absolute atomic E-state index is 11.8. The molecule has 8 atom stereocenters. The highest BCUT2D eigenvalue weighted by Gasteiger charge is 2.44. The molecule has 1 aliphatic rings. The van der Waals surface area contributed by atoms with Crippen molar-refractivity contribution in [3.8, 4) is 0 Å². The first kappa shape index (κ1) is 20.9. The van der Waals surface area contributed by atoms with Crippen LogP contribution in [0.5, 0.6) is 0 Å². The maximum Gasteiger partial charge on any atom is 0.306 e. The predicted molar refractivity (Wildman–Crippen MR) is 93.3 cm³/mol. The summed E-state index contributed by atoms with van der Waals surface area (Å²) in [6.45, 7) is 7.74. The van der Waals surface area contributed by atoms with E-state index in [2.05, 4.69) is 0 Å². The van der Waals surface area contributed by atoms with Crippen LogP contribution in [0.4, 0.5) is 0 Å². The largest absolute Gasteiger partial charge is 0.481 e. The molecule has 1 saturated carbocycles. The minimum atomic E-state index is -0.837. The lowest BCUT2D eigenvalue weighted by Gasteiger charge is -2.43. The Morgan fingerprint density at radius 3 is 2.04 bits per heavy atom. The van der Waals surface area contributed by atoms with Gasteiger partial charge >= 0.3 is 11.9 Å². The van der Waals surface area contributed by atoms with Gasteiger partial charge in [-0.05, 0) is 49.4 Å². The number of carboxylic acids is 2. The fourth-order valence-corrected chi connectivity index (χ4v) is 4.39. The first-order valence-electron chi connectivity index (χ1n) is 9.12. The van der Waals surface area contributed by atoms with Gasteiger partial charge in [0.05, 0.1) is 11.8 Å². The van der Waals surface area contributed by atoms with E-state index >= 15 is 0 Å². The van der Waals surface area contributed by atoms with Crippen LogP contribution in [0.3, 0.4) is 0 Å². The van der Waals surface area contributed by atoms with Crippen molar-refractivity contribution in [2.24, 2.45) is 47.0 Å². The minimum absolute atomic E-state index is 0.0266. The molecule has 0 spiro atoms. The Kier molecular flexibility index (Phi) is 7.67. The van der Waals surface area contributed by atoms with E-state index in [0.29, 0.717) is 25.7 Å². The molecule has 0 amide bonds. The molecule has 0 saturated heterocycles. The Bertz CT molecular complexity index is 443. The third-order valence-electron chi connectivity index (χ3n) is 6.37. The van der Waals surface area contributed by atoms with Crippen LogP contribution in [0.1, 0.15) is 53.4 Å². The number of hydrogen-bond acceptors (Lipinski definition) is 4. The normalized spacial score (nSPS) is 37.1. The van der Waals surface area contributed by atoms with Crippen LogP contribution in [0.25, 0.3) is 0 Å². The molecular formula is C18H34N2O4. The molecule has 0 bridgehead atoms. The lowest BCUT2D eigenvalue weighted by atomic mass is 9.63. The second-order valence-electron chi connectivity index (χ2n) is 7.55. The van der Waals surface area contributed by atoms with E-state index in [4.69, 9.17) is 11.5 Å². The molecule has 140 valence electrons. The second kappa shape index (κ2) is 8.81. The number of carboxylic acid groups (broad SMARTS) is 2. The first-order valence-corrected chi connectivity index (χ1v) is 9.12. The number of rotatable bonds is 6. The van der Waals surface area contributed by atoms with Gasteiger partial charge in [-0.15, -0.1) is 0 Å². The molecule has 1 aliphatic carbocycles. The molecule has 0 radical (unpaired) electrons. The van der Waals surface area contributed by atoms with Crippen molar-refractivity contribution < 1.29 is 19.8 Å². The number of carbonyl (C=O) groups is 2. The fourth-order valence-electron chi connectivity index (χ4n) is 4.39. The van der Waals surface area contributed by atoms with Crippen LogP contribution >= 0.6 is 0 Å². The molecule has 0 aromatic carbocycles. The third-order valence-corrected chi connectivity index (χ3v) is 6.37. The summed E-state index contributed by atoms with van der Waals surface area (Å²) in [6.07, 6.45) is 2.21. The summed E-state index contributed by atoms with van der Waals surface area (Å²) in [4.78, 5) is 23.6. The van der Waals surface area contributed by atoms with Gasteiger partial charge in [0.2, 0.25) is 0 Å². The van der Waals surface area contributed by atoms with Gasteiger partial charge in [0.15, 0.2) is 0 Å². The lowest BCUT2D eigenvalue weighted by Crippen LogP contribution is -2.49. The molecular weight excluding hydrogens is 308 g/mol. The zero-order chi connectivity index (χ0) is 18.6. The van der Waals surface area contributed by atoms with Crippen molar-refractivity contribution >= 4 is 11.9 Å². The third kappa shape index (κ3) is 4.48. The van der Waals surface area contributed by atoms with Gasteiger partial charge < -0.3 is 21.7 Å². The van der Waals surface area contributed by atoms with Gasteiger partial charge in [0.25, 0.3) is 0 Å². The number of nitrogens with two attached hydrogens (primary N) is 2. The SMILES string of the molecule is CCC(N)C1CC(C(=O)O)C(C)C(C)C(N)CC1C(CC)C(=O)O. The van der Waals surface area contributed by atoms with Crippen LogP contribution in [0, 0.1) is 35.5 Å². The molecule has 8 unspecified atom stereocenters. The fraction of sp³-hybridized carbons (Fsp3) is 0.889. The van der Waals surface area contributed by atoms with E-state index in [0.717, 1.165) is 0 Å². The highest BCUT2D eigenvalue weighted by atomic mass is 16.4. The Morgan fingerprint density at radius 2 is 1.62 bits per heavy atom. The quantitative estimate of drug-likeness (QED) is 0.586. The topological polar surface area (TPSA) is 127 Å². The van der Waals surface area contributed by atoms with E-state index in [9.17, 15) is 19.8 Å². The van der Waals surface area contributed by atoms with E-state index in [-0.39, 0.29) is 35.8 Å². The van der Waals surface area contributed by atoms with Crippen molar-refractivity contribution in [1.29, 1.82) is 0 Å². The molecule has 6 N–H and O–H groups in total. The van der Waals surface area contributed by atoms with Crippen molar-refractivity contribution in [2.45, 2.75) is 65.5 Å². The van der Waals surface area contributed by atoms with Crippen molar-refractivity contribution in [3.63, 3.8) is 0 Å². The summed E-state index contributed by atoms with van der Waals surface area (Å²) in [5.41, 5.74) is 12.7. The number of hydrogen-bond donors (Lipinski definition) is 4. The van der Waals surface area contributed by atoms with Gasteiger partial charge in [0.1, 0.15) is 0 Å². The van der Waals surface area contributed by atoms with Gasteiger partial charge in [-0.3, -0.25) is 9.59 Å². The Labute approximate surface area is 145 Å². The molecule has 1 rings (SSSR count). The van der Waals surface area contributed by atoms with Gasteiger partial charge in [-0.2, -0.15) is 0 Å². The minimum Gasteiger partial charge on any atom is -0.481 e. The van der Waals surface area contributed by atoms with Gasteiger partial charge in [0, 0.05) is 12.1 Å². The summed E-state index contributed by atoms with van der Waals surface area (Å²) >= 11 is 0. The average Bonchev–Trinajstić information content (AvgIpc) is 2.52. The lowest BCUT2D eigenvalue weighted by molar-refractivity contribution is -0.148. The number of aliphatic carboxylic acids is 2. The van der Waals surface area contributed by atoms with E-state index in [1.807, 2.05) is 27.7 Å². The van der Waals surface area contributed by atoms with Crippen molar-refractivity contribution in [2.75, 3.05) is 0 Å². The first-order chi connectivity index (χ1) is 11.1. The zero-order valence-electron chi connectivity index (χ0n) is 15.3. The summed E-state index contributed by atoms with van der Waals surface area (Å²) in [6, 6.07) is -0.426. The van der Waals surface area contributed by atoms with E-state index < -0.39 is 23.8 Å². The predicted octanol–water partition coefficient (Wildman–Crippen LogP) is 2.16. The maximum atomic E-state index is 11.8. The molecule has 6 heteroatoms. The van der Waals surface area contributed by atoms with Crippen LogP contribution in [-0.4, -0.2) is 34.2 Å². The van der Waals surface area contributed by atoms with E-state index in [1.54, 1.807) is 0 Å². The second-order valence-corrected chi connectivity index (χ2v) is 7.55. The summed E-state index contributed by atoms with van der Waals surface area (Å²) in [5, 5.41) is 19.3. The summed E-state index contributed by atoms with van der Waals surface area (Å²) < 4.78 is 0. The van der Waals surface area contributed by atoms with Crippen LogP contribution in [-0.2, 0) is 9.59 Å². The van der Waals surface area contributed by atoms with Crippen LogP contribution in [0.15, 0.2) is 0 Å². The molecule has 0 aromatic rings. The highest BCUT2D eigenvalue weighted by molar-refractivity contribution is 5.71. The van der Waals surface area contributed by atoms with E-state index in [1.165, 1.54) is 0 Å². The summed E-state index contributed by atoms with van der Waals surface area (Å²) in [5.74, 6) is -3.10. The van der Waals surface area contributed by atoms with Gasteiger partial charge in [-0.1, -0.05) is 27.7 Å². The van der Waals surface area contributed by atoms with Crippen LogP contribution in [0.2, 0.25) is 0 Å². The Morgan fingerprint density at radius 1 is 1.04 bits per heavy atom.